The Morgan fingerprint density at radius 2 is 1.62 bits per heavy atom. The van der Waals surface area contributed by atoms with E-state index in [0.717, 1.165) is 38.9 Å². The highest BCUT2D eigenvalue weighted by Crippen LogP contribution is 2.29. The third-order valence-corrected chi connectivity index (χ3v) is 6.07. The molecule has 0 atom stereocenters. The van der Waals surface area contributed by atoms with E-state index >= 15 is 0 Å². The van der Waals surface area contributed by atoms with Crippen molar-refractivity contribution in [2.45, 2.75) is 46.8 Å². The molecule has 1 amide bonds. The molecule has 3 aromatic carbocycles. The number of aryl methyl sites for hydroxylation is 1. The van der Waals surface area contributed by atoms with Gasteiger partial charge in [-0.05, 0) is 81.1 Å². The number of fused-ring (bicyclic) bond motifs is 1. The maximum atomic E-state index is 12.7. The zero-order valence-corrected chi connectivity index (χ0v) is 20.3. The summed E-state index contributed by atoms with van der Waals surface area (Å²) >= 11 is 0. The zero-order valence-electron chi connectivity index (χ0n) is 20.3. The lowest BCUT2D eigenvalue weighted by atomic mass is 9.98. The Kier molecular flexibility index (Phi) is 6.05. The first-order chi connectivity index (χ1) is 16.0. The number of rotatable bonds is 5. The molecule has 0 radical (unpaired) electrons. The molecule has 4 aromatic rings. The summed E-state index contributed by atoms with van der Waals surface area (Å²) in [6.45, 7) is 10.4. The number of nitrogens with zero attached hydrogens (tertiary/aromatic N) is 1. The van der Waals surface area contributed by atoms with E-state index < -0.39 is 11.5 Å². The molecule has 34 heavy (non-hydrogen) atoms. The number of benzene rings is 3. The molecule has 0 unspecified atom stereocenters. The fourth-order valence-electron chi connectivity index (χ4n) is 4.23. The van der Waals surface area contributed by atoms with Crippen molar-refractivity contribution in [3.8, 4) is 11.1 Å². The van der Waals surface area contributed by atoms with Gasteiger partial charge in [0.2, 0.25) is 5.91 Å². The van der Waals surface area contributed by atoms with E-state index in [-0.39, 0.29) is 5.97 Å². The van der Waals surface area contributed by atoms with E-state index in [1.165, 1.54) is 0 Å². The number of hydrogen-bond donors (Lipinski definition) is 1. The van der Waals surface area contributed by atoms with Crippen molar-refractivity contribution in [2.24, 2.45) is 5.73 Å². The van der Waals surface area contributed by atoms with Gasteiger partial charge in [0.25, 0.3) is 0 Å². The van der Waals surface area contributed by atoms with Crippen LogP contribution in [0.4, 0.5) is 0 Å². The minimum absolute atomic E-state index is 0.326. The minimum atomic E-state index is -0.554. The smallest absolute Gasteiger partial charge is 0.339 e. The average molecular weight is 455 g/mol. The molecule has 0 saturated heterocycles. The first-order valence-electron chi connectivity index (χ1n) is 11.4. The molecule has 5 nitrogen and oxygen atoms in total. The maximum Gasteiger partial charge on any atom is 0.339 e. The number of ether oxygens (including phenoxy) is 1. The lowest BCUT2D eigenvalue weighted by molar-refractivity contribution is 0.00703. The number of carbonyl (C=O) groups excluding carboxylic acids is 2. The predicted octanol–water partition coefficient (Wildman–Crippen LogP) is 6.03. The van der Waals surface area contributed by atoms with Crippen LogP contribution in [0.5, 0.6) is 0 Å². The Balaban J connectivity index is 1.64. The number of aromatic nitrogens is 1. The predicted molar refractivity (Wildman–Crippen MR) is 136 cm³/mol. The second-order valence-corrected chi connectivity index (χ2v) is 9.64. The lowest BCUT2D eigenvalue weighted by Gasteiger charge is -2.20. The van der Waals surface area contributed by atoms with Crippen molar-refractivity contribution in [1.29, 1.82) is 0 Å². The maximum absolute atomic E-state index is 12.7. The van der Waals surface area contributed by atoms with Crippen LogP contribution in [-0.2, 0) is 11.3 Å². The van der Waals surface area contributed by atoms with Crippen LogP contribution in [0.15, 0.2) is 66.7 Å². The Labute approximate surface area is 200 Å². The molecule has 1 heterocycles. The number of esters is 1. The molecule has 0 spiro atoms. The summed E-state index contributed by atoms with van der Waals surface area (Å²) in [4.78, 5) is 24.3. The number of carbonyl (C=O) groups is 2. The van der Waals surface area contributed by atoms with E-state index in [0.29, 0.717) is 17.7 Å². The molecule has 0 fully saturated rings. The van der Waals surface area contributed by atoms with Gasteiger partial charge in [0.1, 0.15) is 5.60 Å². The lowest BCUT2D eigenvalue weighted by Crippen LogP contribution is -2.24. The summed E-state index contributed by atoms with van der Waals surface area (Å²) < 4.78 is 7.85. The quantitative estimate of drug-likeness (QED) is 0.374. The van der Waals surface area contributed by atoms with Crippen LogP contribution in [0.1, 0.15) is 58.3 Å². The van der Waals surface area contributed by atoms with E-state index in [2.05, 4.69) is 30.5 Å². The van der Waals surface area contributed by atoms with Crippen LogP contribution in [-0.4, -0.2) is 22.0 Å². The molecule has 0 aliphatic carbocycles. The standard InChI is InChI=1S/C29H30N2O3/c1-18-19(2)31(26-15-14-22(27(30)32)16-25(18)26)17-20-10-12-21(13-11-20)23-8-6-7-9-24(23)28(33)34-29(3,4)5/h6-16H,17H2,1-5H3,(H2,30,32). The van der Waals surface area contributed by atoms with E-state index in [9.17, 15) is 9.59 Å². The third-order valence-electron chi connectivity index (χ3n) is 6.07. The van der Waals surface area contributed by atoms with Gasteiger partial charge in [-0.25, -0.2) is 4.79 Å². The minimum Gasteiger partial charge on any atom is -0.456 e. The summed E-state index contributed by atoms with van der Waals surface area (Å²) in [6, 6.07) is 21.4. The largest absolute Gasteiger partial charge is 0.456 e. The summed E-state index contributed by atoms with van der Waals surface area (Å²) in [7, 11) is 0. The SMILES string of the molecule is Cc1c(C)n(Cc2ccc(-c3ccccc3C(=O)OC(C)(C)C)cc2)c2ccc(C(N)=O)cc12. The van der Waals surface area contributed by atoms with Gasteiger partial charge < -0.3 is 15.0 Å². The topological polar surface area (TPSA) is 74.3 Å². The second-order valence-electron chi connectivity index (χ2n) is 9.64. The van der Waals surface area contributed by atoms with Crippen molar-refractivity contribution >= 4 is 22.8 Å². The Morgan fingerprint density at radius 3 is 2.26 bits per heavy atom. The van der Waals surface area contributed by atoms with Crippen molar-refractivity contribution in [3.63, 3.8) is 0 Å². The van der Waals surface area contributed by atoms with E-state index in [4.69, 9.17) is 10.5 Å². The fraction of sp³-hybridized carbons (Fsp3) is 0.241. The molecule has 0 bridgehead atoms. The second kappa shape index (κ2) is 8.82. The van der Waals surface area contributed by atoms with E-state index in [1.54, 1.807) is 12.1 Å². The van der Waals surface area contributed by atoms with Crippen molar-refractivity contribution in [3.05, 3.63) is 94.7 Å². The number of primary amides is 1. The number of hydrogen-bond acceptors (Lipinski definition) is 3. The van der Waals surface area contributed by atoms with Crippen LogP contribution < -0.4 is 5.73 Å². The first kappa shape index (κ1) is 23.3. The molecule has 2 N–H and O–H groups in total. The molecule has 1 aromatic heterocycles. The van der Waals surface area contributed by atoms with Crippen LogP contribution in [0.2, 0.25) is 0 Å². The summed E-state index contributed by atoms with van der Waals surface area (Å²) in [6.07, 6.45) is 0. The monoisotopic (exact) mass is 454 g/mol. The molecule has 5 heteroatoms. The highest BCUT2D eigenvalue weighted by molar-refractivity contribution is 5.98. The highest BCUT2D eigenvalue weighted by Gasteiger charge is 2.20. The van der Waals surface area contributed by atoms with Crippen molar-refractivity contribution in [2.75, 3.05) is 0 Å². The molecule has 0 aliphatic heterocycles. The van der Waals surface area contributed by atoms with Gasteiger partial charge in [0.05, 0.1) is 5.56 Å². The Hall–Kier alpha value is -3.86. The summed E-state index contributed by atoms with van der Waals surface area (Å²) in [5.74, 6) is -0.749. The molecular formula is C29H30N2O3. The van der Waals surface area contributed by atoms with Gasteiger partial charge in [-0.3, -0.25) is 4.79 Å². The van der Waals surface area contributed by atoms with Gasteiger partial charge in [0.15, 0.2) is 0 Å². The zero-order chi connectivity index (χ0) is 24.6. The van der Waals surface area contributed by atoms with Gasteiger partial charge >= 0.3 is 5.97 Å². The normalized spacial score (nSPS) is 11.6. The van der Waals surface area contributed by atoms with Crippen LogP contribution in [0.25, 0.3) is 22.0 Å². The van der Waals surface area contributed by atoms with Crippen molar-refractivity contribution < 1.29 is 14.3 Å². The summed E-state index contributed by atoms with van der Waals surface area (Å²) in [5.41, 5.74) is 12.3. The molecule has 0 saturated carbocycles. The molecule has 0 aliphatic rings. The summed E-state index contributed by atoms with van der Waals surface area (Å²) in [5, 5.41) is 1.04. The van der Waals surface area contributed by atoms with Crippen molar-refractivity contribution in [1.82, 2.24) is 4.57 Å². The van der Waals surface area contributed by atoms with Crippen LogP contribution in [0, 0.1) is 13.8 Å². The first-order valence-corrected chi connectivity index (χ1v) is 11.4. The van der Waals surface area contributed by atoms with Gasteiger partial charge in [-0.1, -0.05) is 42.5 Å². The molecule has 174 valence electrons. The van der Waals surface area contributed by atoms with E-state index in [1.807, 2.05) is 63.2 Å². The number of amides is 1. The Bertz CT molecular complexity index is 1390. The fourth-order valence-corrected chi connectivity index (χ4v) is 4.23. The third kappa shape index (κ3) is 4.60. The van der Waals surface area contributed by atoms with Gasteiger partial charge in [0, 0.05) is 28.7 Å². The van der Waals surface area contributed by atoms with Gasteiger partial charge in [-0.15, -0.1) is 0 Å². The van der Waals surface area contributed by atoms with Gasteiger partial charge in [-0.2, -0.15) is 0 Å². The van der Waals surface area contributed by atoms with Crippen LogP contribution in [0.3, 0.4) is 0 Å². The number of nitrogens with two attached hydrogens (primary N) is 1. The Morgan fingerprint density at radius 1 is 0.941 bits per heavy atom. The molecular weight excluding hydrogens is 424 g/mol. The van der Waals surface area contributed by atoms with Crippen LogP contribution >= 0.6 is 0 Å². The average Bonchev–Trinajstić information content (AvgIpc) is 3.03. The highest BCUT2D eigenvalue weighted by atomic mass is 16.6. The molecule has 4 rings (SSSR count).